The summed E-state index contributed by atoms with van der Waals surface area (Å²) in [5, 5.41) is 11.6. The second kappa shape index (κ2) is 40.3. The van der Waals surface area contributed by atoms with E-state index in [9.17, 15) is 19.5 Å². The lowest BCUT2D eigenvalue weighted by Crippen LogP contribution is -2.55. The molecule has 0 radical (unpaired) electrons. The van der Waals surface area contributed by atoms with Crippen molar-refractivity contribution in [2.45, 2.75) is 219 Å². The summed E-state index contributed by atoms with van der Waals surface area (Å²) in [4.78, 5) is 36.9. The van der Waals surface area contributed by atoms with Crippen LogP contribution < -0.4 is 5.11 Å². The van der Waals surface area contributed by atoms with E-state index in [1.165, 1.54) is 116 Å². The third-order valence-electron chi connectivity index (χ3n) is 10.5. The molecular formula is C49H89NO7. The maximum absolute atomic E-state index is 12.7. The van der Waals surface area contributed by atoms with Crippen LogP contribution in [0, 0.1) is 0 Å². The Balaban J connectivity index is 4.28. The molecule has 0 spiro atoms. The molecule has 0 heterocycles. The second-order valence-electron chi connectivity index (χ2n) is 17.0. The number of esters is 2. The molecule has 8 heteroatoms. The van der Waals surface area contributed by atoms with Crippen molar-refractivity contribution in [3.8, 4) is 0 Å². The highest BCUT2D eigenvalue weighted by Gasteiger charge is 2.25. The zero-order chi connectivity index (χ0) is 42.1. The van der Waals surface area contributed by atoms with Gasteiger partial charge in [0, 0.05) is 19.3 Å². The Morgan fingerprint density at radius 2 is 0.982 bits per heavy atom. The maximum Gasteiger partial charge on any atom is 0.306 e. The third kappa shape index (κ3) is 38.8. The summed E-state index contributed by atoms with van der Waals surface area (Å²) < 4.78 is 17.2. The van der Waals surface area contributed by atoms with Gasteiger partial charge < -0.3 is 28.6 Å². The fraction of sp³-hybridized carbons (Fsp3) is 0.816. The molecule has 0 aliphatic rings. The molecular weight excluding hydrogens is 715 g/mol. The number of hydrogen-bond donors (Lipinski definition) is 0. The minimum Gasteiger partial charge on any atom is -0.544 e. The summed E-state index contributed by atoms with van der Waals surface area (Å²) in [6.07, 6.45) is 46.0. The first-order valence-electron chi connectivity index (χ1n) is 23.5. The van der Waals surface area contributed by atoms with Gasteiger partial charge in [0.2, 0.25) is 0 Å². The van der Waals surface area contributed by atoms with Gasteiger partial charge in [0.25, 0.3) is 0 Å². The zero-order valence-corrected chi connectivity index (χ0v) is 37.8. The minimum atomic E-state index is -1.13. The Kier molecular flexibility index (Phi) is 38.6. The molecule has 0 aliphatic carbocycles. The molecule has 2 unspecified atom stereocenters. The van der Waals surface area contributed by atoms with Gasteiger partial charge in [0.1, 0.15) is 12.6 Å². The summed E-state index contributed by atoms with van der Waals surface area (Å²) in [7, 11) is 5.41. The largest absolute Gasteiger partial charge is 0.544 e. The lowest BCUT2D eigenvalue weighted by molar-refractivity contribution is -0.889. The SMILES string of the molecule is CC/C=C/C/C=C/CCCCCCCCCC(=O)OC(COCCC(C(=O)[O-])[N+](C)(C)C)COC(=O)CCCCCCCCC/C=C/CCCCCCCCCC. The average Bonchev–Trinajstić information content (AvgIpc) is 3.17. The molecule has 57 heavy (non-hydrogen) atoms. The fourth-order valence-electron chi connectivity index (χ4n) is 6.87. The van der Waals surface area contributed by atoms with Gasteiger partial charge in [-0.1, -0.05) is 159 Å². The van der Waals surface area contributed by atoms with Crippen LogP contribution in [0.3, 0.4) is 0 Å². The Bertz CT molecular complexity index is 1030. The zero-order valence-electron chi connectivity index (χ0n) is 37.8. The molecule has 0 saturated heterocycles. The van der Waals surface area contributed by atoms with Crippen LogP contribution in [0.15, 0.2) is 36.5 Å². The number of nitrogens with zero attached hydrogens (tertiary/aromatic N) is 1. The Morgan fingerprint density at radius 3 is 1.46 bits per heavy atom. The Morgan fingerprint density at radius 1 is 0.544 bits per heavy atom. The van der Waals surface area contributed by atoms with E-state index in [1.54, 1.807) is 21.1 Å². The molecule has 2 atom stereocenters. The normalized spacial score (nSPS) is 13.2. The number of carboxylic acids is 1. The summed E-state index contributed by atoms with van der Waals surface area (Å²) >= 11 is 0. The van der Waals surface area contributed by atoms with Crippen molar-refractivity contribution in [2.75, 3.05) is 41.0 Å². The first-order chi connectivity index (χ1) is 27.6. The molecule has 0 saturated carbocycles. The highest BCUT2D eigenvalue weighted by Crippen LogP contribution is 2.15. The van der Waals surface area contributed by atoms with Crippen LogP contribution in [-0.2, 0) is 28.6 Å². The van der Waals surface area contributed by atoms with E-state index in [1.807, 2.05) is 0 Å². The van der Waals surface area contributed by atoms with Crippen LogP contribution in [-0.4, -0.2) is 75.5 Å². The molecule has 0 aromatic heterocycles. The molecule has 0 aromatic carbocycles. The van der Waals surface area contributed by atoms with Gasteiger partial charge in [-0.05, 0) is 64.2 Å². The van der Waals surface area contributed by atoms with E-state index in [0.29, 0.717) is 12.8 Å². The van der Waals surface area contributed by atoms with E-state index >= 15 is 0 Å². The Hall–Kier alpha value is -2.45. The van der Waals surface area contributed by atoms with Gasteiger partial charge in [-0.2, -0.15) is 0 Å². The monoisotopic (exact) mass is 804 g/mol. The van der Waals surface area contributed by atoms with E-state index in [-0.39, 0.29) is 42.7 Å². The van der Waals surface area contributed by atoms with E-state index in [4.69, 9.17) is 14.2 Å². The first-order valence-corrected chi connectivity index (χ1v) is 23.5. The van der Waals surface area contributed by atoms with E-state index in [0.717, 1.165) is 57.8 Å². The third-order valence-corrected chi connectivity index (χ3v) is 10.5. The van der Waals surface area contributed by atoms with Crippen molar-refractivity contribution in [1.82, 2.24) is 0 Å². The van der Waals surface area contributed by atoms with Gasteiger partial charge in [0.05, 0.1) is 40.3 Å². The second-order valence-corrected chi connectivity index (χ2v) is 17.0. The molecule has 332 valence electrons. The number of aliphatic carboxylic acids is 1. The number of quaternary nitrogens is 1. The van der Waals surface area contributed by atoms with Crippen molar-refractivity contribution >= 4 is 17.9 Å². The molecule has 0 rings (SSSR count). The smallest absolute Gasteiger partial charge is 0.306 e. The van der Waals surface area contributed by atoms with E-state index < -0.39 is 18.1 Å². The van der Waals surface area contributed by atoms with Gasteiger partial charge in [0.15, 0.2) is 6.10 Å². The lowest BCUT2D eigenvalue weighted by Gasteiger charge is -2.34. The topological polar surface area (TPSA) is 102 Å². The number of hydrogen-bond acceptors (Lipinski definition) is 7. The van der Waals surface area contributed by atoms with Crippen molar-refractivity contribution < 1.29 is 38.2 Å². The van der Waals surface area contributed by atoms with Gasteiger partial charge >= 0.3 is 11.9 Å². The molecule has 0 N–H and O–H groups in total. The number of allylic oxidation sites excluding steroid dienone is 6. The summed E-state index contributed by atoms with van der Waals surface area (Å²) in [5.74, 6) is -1.75. The van der Waals surface area contributed by atoms with E-state index in [2.05, 4.69) is 50.3 Å². The Labute approximate surface area is 351 Å². The number of likely N-dealkylation sites (N-methyl/N-ethyl adjacent to an activating group) is 1. The number of rotatable bonds is 42. The molecule has 0 aliphatic heterocycles. The predicted molar refractivity (Wildman–Crippen MR) is 236 cm³/mol. The van der Waals surface area contributed by atoms with Gasteiger partial charge in [-0.3, -0.25) is 9.59 Å². The molecule has 0 bridgehead atoms. The lowest BCUT2D eigenvalue weighted by atomic mass is 10.1. The summed E-state index contributed by atoms with van der Waals surface area (Å²) in [6.45, 7) is 4.56. The highest BCUT2D eigenvalue weighted by atomic mass is 16.6. The predicted octanol–water partition coefficient (Wildman–Crippen LogP) is 11.7. The molecule has 0 amide bonds. The van der Waals surface area contributed by atoms with Crippen molar-refractivity contribution in [1.29, 1.82) is 0 Å². The van der Waals surface area contributed by atoms with Crippen molar-refractivity contribution in [3.05, 3.63) is 36.5 Å². The van der Waals surface area contributed by atoms with Crippen LogP contribution in [0.5, 0.6) is 0 Å². The quantitative estimate of drug-likeness (QED) is 0.0262. The number of carboxylic acid groups (broad SMARTS) is 1. The molecule has 0 fully saturated rings. The standard InChI is InChI=1S/C49H89NO7/c1-6-8-10-12-14-16-18-20-22-23-24-25-26-28-29-31-33-35-37-39-47(51)56-44-45(43-55-42-41-46(49(53)54)50(3,4)5)57-48(52)40-38-36-34-32-30-27-21-19-17-15-13-11-9-7-2/h9,11,15,17,23-24,45-46H,6-8,10,12-14,16,18-22,25-44H2,1-5H3/b11-9+,17-15+,24-23+. The van der Waals surface area contributed by atoms with Crippen LogP contribution in [0.25, 0.3) is 0 Å². The number of unbranched alkanes of at least 4 members (excludes halogenated alkanes) is 22. The fourth-order valence-corrected chi connectivity index (χ4v) is 6.87. The molecule has 8 nitrogen and oxygen atoms in total. The van der Waals surface area contributed by atoms with Crippen LogP contribution >= 0.6 is 0 Å². The van der Waals surface area contributed by atoms with Gasteiger partial charge in [-0.25, -0.2) is 0 Å². The minimum absolute atomic E-state index is 0.0373. The van der Waals surface area contributed by atoms with Gasteiger partial charge in [-0.15, -0.1) is 0 Å². The number of carbonyl (C=O) groups excluding carboxylic acids is 3. The van der Waals surface area contributed by atoms with Crippen LogP contribution in [0.4, 0.5) is 0 Å². The van der Waals surface area contributed by atoms with Crippen LogP contribution in [0.2, 0.25) is 0 Å². The van der Waals surface area contributed by atoms with Crippen molar-refractivity contribution in [3.63, 3.8) is 0 Å². The number of ether oxygens (including phenoxy) is 3. The first kappa shape index (κ1) is 54.6. The highest BCUT2D eigenvalue weighted by molar-refractivity contribution is 5.70. The summed E-state index contributed by atoms with van der Waals surface area (Å²) in [5.41, 5.74) is 0. The van der Waals surface area contributed by atoms with Crippen molar-refractivity contribution in [2.24, 2.45) is 0 Å². The summed E-state index contributed by atoms with van der Waals surface area (Å²) in [6, 6.07) is -0.727. The number of carbonyl (C=O) groups is 3. The van der Waals surface area contributed by atoms with Crippen LogP contribution in [0.1, 0.15) is 206 Å². The average molecular weight is 804 g/mol. The molecule has 0 aromatic rings. The maximum atomic E-state index is 12.7.